The average Bonchev–Trinajstić information content (AvgIpc) is 2.89. The summed E-state index contributed by atoms with van der Waals surface area (Å²) in [6.45, 7) is 3.00. The summed E-state index contributed by atoms with van der Waals surface area (Å²) in [6.07, 6.45) is 5.61. The smallest absolute Gasteiger partial charge is 0.315 e. The van der Waals surface area contributed by atoms with Gasteiger partial charge in [-0.2, -0.15) is 0 Å². The van der Waals surface area contributed by atoms with E-state index in [1.807, 2.05) is 24.1 Å². The minimum atomic E-state index is -0.189. The number of hydrogen-bond acceptors (Lipinski definition) is 3. The third-order valence-electron chi connectivity index (χ3n) is 3.21. The molecule has 0 fully saturated rings. The van der Waals surface area contributed by atoms with Crippen LogP contribution in [0, 0.1) is 6.92 Å². The van der Waals surface area contributed by atoms with Crippen LogP contribution in [-0.2, 0) is 20.1 Å². The fourth-order valence-corrected chi connectivity index (χ4v) is 2.67. The van der Waals surface area contributed by atoms with E-state index >= 15 is 0 Å². The van der Waals surface area contributed by atoms with Crippen LogP contribution in [0.4, 0.5) is 4.79 Å². The molecule has 1 aromatic heterocycles. The van der Waals surface area contributed by atoms with E-state index in [4.69, 9.17) is 0 Å². The quantitative estimate of drug-likeness (QED) is 0.834. The zero-order valence-electron chi connectivity index (χ0n) is 12.5. The van der Waals surface area contributed by atoms with Crippen molar-refractivity contribution in [1.82, 2.24) is 20.2 Å². The Morgan fingerprint density at radius 2 is 2.10 bits per heavy atom. The van der Waals surface area contributed by atoms with E-state index in [1.165, 1.54) is 10.5 Å². The first-order valence-electron chi connectivity index (χ1n) is 6.71. The molecule has 0 unspecified atom stereocenters. The summed E-state index contributed by atoms with van der Waals surface area (Å²) in [6, 6.07) is 6.06. The number of thioether (sulfide) groups is 1. The van der Waals surface area contributed by atoms with Gasteiger partial charge in [-0.1, -0.05) is 12.1 Å². The summed E-state index contributed by atoms with van der Waals surface area (Å²) < 4.78 is 1.88. The molecule has 1 aromatic carbocycles. The Morgan fingerprint density at radius 3 is 2.76 bits per heavy atom. The Labute approximate surface area is 129 Å². The normalized spacial score (nSPS) is 10.4. The number of benzene rings is 1. The van der Waals surface area contributed by atoms with Crippen LogP contribution in [0.1, 0.15) is 17.0 Å². The molecule has 0 radical (unpaired) electrons. The van der Waals surface area contributed by atoms with Crippen LogP contribution in [0.2, 0.25) is 0 Å². The third kappa shape index (κ3) is 4.26. The molecular weight excluding hydrogens is 284 g/mol. The van der Waals surface area contributed by atoms with Gasteiger partial charge in [0.15, 0.2) is 0 Å². The zero-order chi connectivity index (χ0) is 15.2. The average molecular weight is 304 g/mol. The third-order valence-corrected chi connectivity index (χ3v) is 4.03. The lowest BCUT2D eigenvalue weighted by Crippen LogP contribution is -2.35. The second-order valence-electron chi connectivity index (χ2n) is 4.81. The molecule has 2 N–H and O–H groups in total. The first-order chi connectivity index (χ1) is 10.1. The van der Waals surface area contributed by atoms with Gasteiger partial charge in [0.25, 0.3) is 0 Å². The minimum Gasteiger partial charge on any atom is -0.337 e. The molecule has 21 heavy (non-hydrogen) atoms. The number of amides is 2. The molecule has 112 valence electrons. The van der Waals surface area contributed by atoms with E-state index in [0.717, 1.165) is 11.4 Å². The maximum Gasteiger partial charge on any atom is 0.315 e. The van der Waals surface area contributed by atoms with Crippen molar-refractivity contribution >= 4 is 17.8 Å². The Balaban J connectivity index is 1.85. The Morgan fingerprint density at radius 1 is 1.33 bits per heavy atom. The van der Waals surface area contributed by atoms with Crippen molar-refractivity contribution in [3.63, 3.8) is 0 Å². The van der Waals surface area contributed by atoms with E-state index in [9.17, 15) is 4.79 Å². The number of hydrogen-bond donors (Lipinski definition) is 2. The standard InChI is InChI=1S/C15H20N4OS/c1-11-4-5-12(13(8-11)21-3)9-17-15(20)18-10-14-16-6-7-19(14)2/h4-8H,9-10H2,1-3H3,(H2,17,18,20). The fraction of sp³-hybridized carbons (Fsp3) is 0.333. The highest BCUT2D eigenvalue weighted by molar-refractivity contribution is 7.98. The highest BCUT2D eigenvalue weighted by Gasteiger charge is 2.06. The molecule has 0 saturated heterocycles. The van der Waals surface area contributed by atoms with Crippen LogP contribution in [0.15, 0.2) is 35.5 Å². The lowest BCUT2D eigenvalue weighted by Gasteiger charge is -2.11. The second kappa shape index (κ2) is 7.17. The first kappa shape index (κ1) is 15.4. The van der Waals surface area contributed by atoms with Gasteiger partial charge in [-0.25, -0.2) is 9.78 Å². The van der Waals surface area contributed by atoms with E-state index in [2.05, 4.69) is 40.7 Å². The number of rotatable bonds is 5. The number of carbonyl (C=O) groups is 1. The van der Waals surface area contributed by atoms with E-state index < -0.39 is 0 Å². The number of nitrogens with one attached hydrogen (secondary N) is 2. The van der Waals surface area contributed by atoms with Crippen LogP contribution in [0.25, 0.3) is 0 Å². The van der Waals surface area contributed by atoms with Crippen molar-refractivity contribution in [2.75, 3.05) is 6.26 Å². The van der Waals surface area contributed by atoms with Crippen molar-refractivity contribution in [1.29, 1.82) is 0 Å². The number of carbonyl (C=O) groups excluding carboxylic acids is 1. The van der Waals surface area contributed by atoms with Crippen molar-refractivity contribution in [2.45, 2.75) is 24.9 Å². The highest BCUT2D eigenvalue weighted by atomic mass is 32.2. The Kier molecular flexibility index (Phi) is 5.27. The van der Waals surface area contributed by atoms with E-state index in [1.54, 1.807) is 18.0 Å². The molecule has 0 bridgehead atoms. The van der Waals surface area contributed by atoms with Gasteiger partial charge < -0.3 is 15.2 Å². The van der Waals surface area contributed by atoms with Gasteiger partial charge >= 0.3 is 6.03 Å². The van der Waals surface area contributed by atoms with Crippen molar-refractivity contribution in [3.8, 4) is 0 Å². The number of aryl methyl sites for hydroxylation is 2. The molecule has 0 spiro atoms. The van der Waals surface area contributed by atoms with Gasteiger partial charge in [0.2, 0.25) is 0 Å². The Hall–Kier alpha value is -1.95. The maximum absolute atomic E-state index is 11.8. The molecule has 0 atom stereocenters. The molecule has 0 aliphatic heterocycles. The van der Waals surface area contributed by atoms with Crippen LogP contribution < -0.4 is 10.6 Å². The van der Waals surface area contributed by atoms with Gasteiger partial charge in [0, 0.05) is 30.9 Å². The minimum absolute atomic E-state index is 0.189. The summed E-state index contributed by atoms with van der Waals surface area (Å²) in [7, 11) is 1.90. The summed E-state index contributed by atoms with van der Waals surface area (Å²) in [5, 5.41) is 5.68. The second-order valence-corrected chi connectivity index (χ2v) is 5.65. The fourth-order valence-electron chi connectivity index (χ4n) is 1.96. The molecular formula is C15H20N4OS. The molecule has 0 aliphatic rings. The molecule has 2 amide bonds. The van der Waals surface area contributed by atoms with E-state index in [-0.39, 0.29) is 6.03 Å². The summed E-state index contributed by atoms with van der Waals surface area (Å²) in [5.41, 5.74) is 2.35. The molecule has 6 heteroatoms. The molecule has 2 aromatic rings. The lowest BCUT2D eigenvalue weighted by atomic mass is 10.1. The van der Waals surface area contributed by atoms with Gasteiger partial charge in [0.05, 0.1) is 6.54 Å². The molecule has 2 rings (SSSR count). The number of nitrogens with zero attached hydrogens (tertiary/aromatic N) is 2. The van der Waals surface area contributed by atoms with E-state index in [0.29, 0.717) is 13.1 Å². The maximum atomic E-state index is 11.8. The summed E-state index contributed by atoms with van der Waals surface area (Å²) >= 11 is 1.69. The lowest BCUT2D eigenvalue weighted by molar-refractivity contribution is 0.239. The summed E-state index contributed by atoms with van der Waals surface area (Å²) in [5.74, 6) is 0.824. The largest absolute Gasteiger partial charge is 0.337 e. The van der Waals surface area contributed by atoms with Crippen LogP contribution >= 0.6 is 11.8 Å². The van der Waals surface area contributed by atoms with Crippen LogP contribution in [0.3, 0.4) is 0 Å². The topological polar surface area (TPSA) is 59.0 Å². The number of aromatic nitrogens is 2. The molecule has 1 heterocycles. The monoisotopic (exact) mass is 304 g/mol. The predicted molar refractivity (Wildman–Crippen MR) is 85.2 cm³/mol. The van der Waals surface area contributed by atoms with Gasteiger partial charge in [-0.3, -0.25) is 0 Å². The number of imidazole rings is 1. The first-order valence-corrected chi connectivity index (χ1v) is 7.94. The predicted octanol–water partition coefficient (Wildman–Crippen LogP) is 2.45. The summed E-state index contributed by atoms with van der Waals surface area (Å²) in [4.78, 5) is 17.2. The van der Waals surface area contributed by atoms with Gasteiger partial charge in [0.1, 0.15) is 5.82 Å². The van der Waals surface area contributed by atoms with Crippen molar-refractivity contribution < 1.29 is 4.79 Å². The number of urea groups is 1. The molecule has 5 nitrogen and oxygen atoms in total. The Bertz CT molecular complexity index is 624. The van der Waals surface area contributed by atoms with Crippen LogP contribution in [-0.4, -0.2) is 21.8 Å². The molecule has 0 saturated carbocycles. The SMILES string of the molecule is CSc1cc(C)ccc1CNC(=O)NCc1nccn1C. The van der Waals surface area contributed by atoms with Gasteiger partial charge in [-0.05, 0) is 30.4 Å². The van der Waals surface area contributed by atoms with Crippen molar-refractivity contribution in [3.05, 3.63) is 47.5 Å². The zero-order valence-corrected chi connectivity index (χ0v) is 13.3. The molecule has 0 aliphatic carbocycles. The van der Waals surface area contributed by atoms with Crippen molar-refractivity contribution in [2.24, 2.45) is 7.05 Å². The van der Waals surface area contributed by atoms with Gasteiger partial charge in [-0.15, -0.1) is 11.8 Å². The highest BCUT2D eigenvalue weighted by Crippen LogP contribution is 2.21. The van der Waals surface area contributed by atoms with Crippen LogP contribution in [0.5, 0.6) is 0 Å².